The summed E-state index contributed by atoms with van der Waals surface area (Å²) in [6, 6.07) is 4.72. The molecule has 5 nitrogen and oxygen atoms in total. The van der Waals surface area contributed by atoms with E-state index in [1.807, 2.05) is 0 Å². The van der Waals surface area contributed by atoms with Gasteiger partial charge < -0.3 is 9.84 Å². The van der Waals surface area contributed by atoms with Crippen molar-refractivity contribution in [2.75, 3.05) is 5.75 Å². The third kappa shape index (κ3) is 3.71. The van der Waals surface area contributed by atoms with Gasteiger partial charge in [0.05, 0.1) is 0 Å². The Morgan fingerprint density at radius 3 is 2.41 bits per heavy atom. The smallest absolute Gasteiger partial charge is 0.412 e. The summed E-state index contributed by atoms with van der Waals surface area (Å²) in [6.45, 7) is 5.16. The second kappa shape index (κ2) is 6.16. The molecule has 2 rings (SSSR count). The van der Waals surface area contributed by atoms with Crippen LogP contribution in [0, 0.1) is 5.82 Å². The number of carboxylic acids is 1. The van der Waals surface area contributed by atoms with Crippen molar-refractivity contribution in [2.24, 2.45) is 0 Å². The van der Waals surface area contributed by atoms with Gasteiger partial charge in [0.25, 0.3) is 0 Å². The molecule has 0 saturated carbocycles. The van der Waals surface area contributed by atoms with Crippen LogP contribution in [0.5, 0.6) is 0 Å². The van der Waals surface area contributed by atoms with Crippen molar-refractivity contribution in [2.45, 2.75) is 37.8 Å². The summed E-state index contributed by atoms with van der Waals surface area (Å²) in [5, 5.41) is 8.81. The van der Waals surface area contributed by atoms with Crippen LogP contribution in [-0.4, -0.2) is 39.5 Å². The molecule has 0 spiro atoms. The van der Waals surface area contributed by atoms with Crippen molar-refractivity contribution in [3.05, 3.63) is 35.6 Å². The van der Waals surface area contributed by atoms with Gasteiger partial charge in [0.15, 0.2) is 0 Å². The third-order valence-corrected chi connectivity index (χ3v) is 4.37. The lowest BCUT2D eigenvalue weighted by Gasteiger charge is -2.30. The highest BCUT2D eigenvalue weighted by atomic mass is 32.2. The molecule has 0 aliphatic carbocycles. The quantitative estimate of drug-likeness (QED) is 0.903. The fourth-order valence-electron chi connectivity index (χ4n) is 2.12. The number of carbonyl (C=O) groups is 2. The summed E-state index contributed by atoms with van der Waals surface area (Å²) in [7, 11) is 0. The minimum atomic E-state index is -1.08. The first-order valence-electron chi connectivity index (χ1n) is 6.80. The highest BCUT2D eigenvalue weighted by Crippen LogP contribution is 2.42. The van der Waals surface area contributed by atoms with Gasteiger partial charge in [0, 0.05) is 5.75 Å². The van der Waals surface area contributed by atoms with Crippen LogP contribution in [0.3, 0.4) is 0 Å². The summed E-state index contributed by atoms with van der Waals surface area (Å²) < 4.78 is 18.4. The number of hydrogen-bond acceptors (Lipinski definition) is 4. The summed E-state index contributed by atoms with van der Waals surface area (Å²) in [4.78, 5) is 25.0. The van der Waals surface area contributed by atoms with Crippen LogP contribution in [0.4, 0.5) is 9.18 Å². The summed E-state index contributed by atoms with van der Waals surface area (Å²) >= 11 is 1.32. The molecule has 0 aromatic heterocycles. The Labute approximate surface area is 132 Å². The van der Waals surface area contributed by atoms with Gasteiger partial charge in [-0.2, -0.15) is 0 Å². The zero-order chi connectivity index (χ0) is 16.5. The highest BCUT2D eigenvalue weighted by Gasteiger charge is 2.44. The number of carbonyl (C=O) groups excluding carboxylic acids is 1. The van der Waals surface area contributed by atoms with Gasteiger partial charge in [-0.25, -0.2) is 14.0 Å². The topological polar surface area (TPSA) is 66.8 Å². The number of hydrogen-bond donors (Lipinski definition) is 1. The number of rotatable bonds is 2. The molecule has 1 aromatic rings. The Bertz CT molecular complexity index is 570. The van der Waals surface area contributed by atoms with E-state index in [9.17, 15) is 19.1 Å². The minimum Gasteiger partial charge on any atom is -0.480 e. The first-order chi connectivity index (χ1) is 10.2. The van der Waals surface area contributed by atoms with E-state index in [-0.39, 0.29) is 11.6 Å². The van der Waals surface area contributed by atoms with E-state index < -0.39 is 29.1 Å². The van der Waals surface area contributed by atoms with Gasteiger partial charge in [-0.1, -0.05) is 12.1 Å². The molecule has 7 heteroatoms. The van der Waals surface area contributed by atoms with Crippen LogP contribution in [-0.2, 0) is 9.53 Å². The molecule has 0 radical (unpaired) electrons. The molecular formula is C15H18FNO4S. The van der Waals surface area contributed by atoms with Crippen molar-refractivity contribution in [1.82, 2.24) is 4.90 Å². The standard InChI is InChI=1S/C15H18FNO4S/c1-15(2,3)21-14(20)17-11(13(18)19)8-22-12(17)9-4-6-10(16)7-5-9/h4-7,11-12H,8H2,1-3H3,(H,18,19)/t11-,12+/m1/s1. The van der Waals surface area contributed by atoms with E-state index >= 15 is 0 Å². The van der Waals surface area contributed by atoms with E-state index in [0.717, 1.165) is 0 Å². The van der Waals surface area contributed by atoms with Crippen LogP contribution in [0.15, 0.2) is 24.3 Å². The summed E-state index contributed by atoms with van der Waals surface area (Å²) in [5.74, 6) is -1.20. The molecule has 1 heterocycles. The Balaban J connectivity index is 2.30. The molecule has 0 unspecified atom stereocenters. The lowest BCUT2D eigenvalue weighted by atomic mass is 10.1. The lowest BCUT2D eigenvalue weighted by Crippen LogP contribution is -2.45. The van der Waals surface area contributed by atoms with Crippen molar-refractivity contribution < 1.29 is 23.8 Å². The molecule has 120 valence electrons. The van der Waals surface area contributed by atoms with Crippen LogP contribution < -0.4 is 0 Å². The molecule has 1 N–H and O–H groups in total. The van der Waals surface area contributed by atoms with Gasteiger partial charge in [0.1, 0.15) is 22.8 Å². The lowest BCUT2D eigenvalue weighted by molar-refractivity contribution is -0.142. The fraction of sp³-hybridized carbons (Fsp3) is 0.467. The molecule has 1 aromatic carbocycles. The Morgan fingerprint density at radius 2 is 1.91 bits per heavy atom. The van der Waals surface area contributed by atoms with E-state index in [0.29, 0.717) is 5.56 Å². The summed E-state index contributed by atoms with van der Waals surface area (Å²) in [5.41, 5.74) is -0.0539. The van der Waals surface area contributed by atoms with Crippen LogP contribution in [0.1, 0.15) is 31.7 Å². The Kier molecular flexibility index (Phi) is 4.65. The molecule has 1 aliphatic rings. The SMILES string of the molecule is CC(C)(C)OC(=O)N1[C@@H](C(=O)O)CS[C@H]1c1ccc(F)cc1. The van der Waals surface area contributed by atoms with E-state index in [1.165, 1.54) is 28.8 Å². The fourth-order valence-corrected chi connectivity index (χ4v) is 3.53. The largest absolute Gasteiger partial charge is 0.480 e. The molecule has 22 heavy (non-hydrogen) atoms. The first-order valence-corrected chi connectivity index (χ1v) is 7.85. The zero-order valence-electron chi connectivity index (χ0n) is 12.6. The molecule has 1 aliphatic heterocycles. The maximum absolute atomic E-state index is 13.1. The first kappa shape index (κ1) is 16.6. The average Bonchev–Trinajstić information content (AvgIpc) is 2.82. The predicted octanol–water partition coefficient (Wildman–Crippen LogP) is 3.26. The van der Waals surface area contributed by atoms with Crippen LogP contribution in [0.2, 0.25) is 0 Å². The normalized spacial score (nSPS) is 21.7. The maximum atomic E-state index is 13.1. The number of nitrogens with zero attached hydrogens (tertiary/aromatic N) is 1. The molecule has 1 fully saturated rings. The molecule has 1 amide bonds. The van der Waals surface area contributed by atoms with E-state index in [4.69, 9.17) is 4.74 Å². The third-order valence-electron chi connectivity index (χ3n) is 3.04. The van der Waals surface area contributed by atoms with Crippen molar-refractivity contribution >= 4 is 23.8 Å². The maximum Gasteiger partial charge on any atom is 0.412 e. The second-order valence-corrected chi connectivity index (χ2v) is 7.09. The number of benzene rings is 1. The average molecular weight is 327 g/mol. The van der Waals surface area contributed by atoms with Gasteiger partial charge in [0.2, 0.25) is 0 Å². The zero-order valence-corrected chi connectivity index (χ0v) is 13.4. The number of amides is 1. The van der Waals surface area contributed by atoms with Crippen molar-refractivity contribution in [3.63, 3.8) is 0 Å². The van der Waals surface area contributed by atoms with Gasteiger partial charge in [-0.3, -0.25) is 4.90 Å². The minimum absolute atomic E-state index is 0.261. The predicted molar refractivity (Wildman–Crippen MR) is 81.1 cm³/mol. The van der Waals surface area contributed by atoms with Crippen molar-refractivity contribution in [1.29, 1.82) is 0 Å². The van der Waals surface area contributed by atoms with E-state index in [2.05, 4.69) is 0 Å². The Morgan fingerprint density at radius 1 is 1.32 bits per heavy atom. The van der Waals surface area contributed by atoms with E-state index in [1.54, 1.807) is 32.9 Å². The monoisotopic (exact) mass is 327 g/mol. The van der Waals surface area contributed by atoms with Gasteiger partial charge in [-0.05, 0) is 38.5 Å². The molecule has 2 atom stereocenters. The molecular weight excluding hydrogens is 309 g/mol. The number of aliphatic carboxylic acids is 1. The van der Waals surface area contributed by atoms with Crippen molar-refractivity contribution in [3.8, 4) is 0 Å². The highest BCUT2D eigenvalue weighted by molar-refractivity contribution is 7.99. The van der Waals surface area contributed by atoms with Crippen LogP contribution in [0.25, 0.3) is 0 Å². The molecule has 1 saturated heterocycles. The number of halogens is 1. The van der Waals surface area contributed by atoms with Gasteiger partial charge >= 0.3 is 12.1 Å². The summed E-state index contributed by atoms with van der Waals surface area (Å²) in [6.07, 6.45) is -0.681. The number of carboxylic acid groups (broad SMARTS) is 1. The van der Waals surface area contributed by atoms with Gasteiger partial charge in [-0.15, -0.1) is 11.8 Å². The Hall–Kier alpha value is -1.76. The number of ether oxygens (including phenoxy) is 1. The second-order valence-electron chi connectivity index (χ2n) is 5.98. The number of thioether (sulfide) groups is 1. The van der Waals surface area contributed by atoms with Crippen LogP contribution >= 0.6 is 11.8 Å². The molecule has 0 bridgehead atoms.